The Morgan fingerprint density at radius 3 is 2.21 bits per heavy atom. The summed E-state index contributed by atoms with van der Waals surface area (Å²) in [4.78, 5) is 25.0. The molecule has 0 unspecified atom stereocenters. The minimum Gasteiger partial charge on any atom is -0.497 e. The van der Waals surface area contributed by atoms with Crippen molar-refractivity contribution in [1.29, 1.82) is 0 Å². The molecule has 1 atom stereocenters. The van der Waals surface area contributed by atoms with Gasteiger partial charge in [-0.15, -0.1) is 0 Å². The fourth-order valence-electron chi connectivity index (χ4n) is 4.07. The highest BCUT2D eigenvalue weighted by Crippen LogP contribution is 2.41. The summed E-state index contributed by atoms with van der Waals surface area (Å²) in [6, 6.07) is 13.8. The van der Waals surface area contributed by atoms with E-state index in [1.54, 1.807) is 31.4 Å². The van der Waals surface area contributed by atoms with Crippen molar-refractivity contribution in [1.82, 2.24) is 5.32 Å². The van der Waals surface area contributed by atoms with Gasteiger partial charge in [-0.05, 0) is 54.7 Å². The van der Waals surface area contributed by atoms with Crippen molar-refractivity contribution < 1.29 is 19.4 Å². The third kappa shape index (κ3) is 5.08. The lowest BCUT2D eigenvalue weighted by atomic mass is 9.78. The first kappa shape index (κ1) is 20.7. The van der Waals surface area contributed by atoms with Crippen molar-refractivity contribution in [2.45, 2.75) is 44.6 Å². The lowest BCUT2D eigenvalue weighted by Crippen LogP contribution is -2.49. The predicted octanol–water partition coefficient (Wildman–Crippen LogP) is 3.19. The first-order chi connectivity index (χ1) is 13.9. The Labute approximate surface area is 171 Å². The van der Waals surface area contributed by atoms with Crippen LogP contribution >= 0.6 is 0 Å². The van der Waals surface area contributed by atoms with E-state index in [0.29, 0.717) is 12.1 Å². The summed E-state index contributed by atoms with van der Waals surface area (Å²) < 4.78 is 5.20. The molecule has 1 saturated carbocycles. The number of methoxy groups -OCH3 is 1. The summed E-state index contributed by atoms with van der Waals surface area (Å²) in [7, 11) is 1.62. The van der Waals surface area contributed by atoms with Crippen molar-refractivity contribution >= 4 is 17.6 Å². The Kier molecular flexibility index (Phi) is 6.42. The third-order valence-corrected chi connectivity index (χ3v) is 5.77. The molecule has 1 fully saturated rings. The number of rotatable bonds is 8. The predicted molar refractivity (Wildman–Crippen MR) is 112 cm³/mol. The van der Waals surface area contributed by atoms with Crippen molar-refractivity contribution in [3.8, 4) is 5.75 Å². The number of anilines is 1. The van der Waals surface area contributed by atoms with Gasteiger partial charge in [-0.1, -0.05) is 37.1 Å². The van der Waals surface area contributed by atoms with E-state index in [1.807, 2.05) is 24.3 Å². The number of nitrogens with one attached hydrogen (secondary N) is 1. The summed E-state index contributed by atoms with van der Waals surface area (Å²) in [5, 5.41) is 12.5. The summed E-state index contributed by atoms with van der Waals surface area (Å²) >= 11 is 0. The number of ether oxygens (including phenoxy) is 1. The molecule has 154 valence electrons. The van der Waals surface area contributed by atoms with Gasteiger partial charge in [0.2, 0.25) is 5.91 Å². The number of carbonyl (C=O) groups is 2. The second-order valence-corrected chi connectivity index (χ2v) is 7.82. The van der Waals surface area contributed by atoms with E-state index in [0.717, 1.165) is 42.6 Å². The lowest BCUT2D eigenvalue weighted by molar-refractivity contribution is -0.143. The highest BCUT2D eigenvalue weighted by Gasteiger charge is 2.42. The molecular formula is C23H28N2O4. The third-order valence-electron chi connectivity index (χ3n) is 5.77. The highest BCUT2D eigenvalue weighted by molar-refractivity contribution is 5.88. The van der Waals surface area contributed by atoms with Gasteiger partial charge in [0.05, 0.1) is 12.5 Å². The average Bonchev–Trinajstić information content (AvgIpc) is 3.19. The van der Waals surface area contributed by atoms with Crippen molar-refractivity contribution in [2.24, 2.45) is 5.41 Å². The van der Waals surface area contributed by atoms with E-state index in [1.165, 1.54) is 0 Å². The lowest BCUT2D eigenvalue weighted by Gasteiger charge is -2.29. The molecule has 3 rings (SSSR count). The maximum absolute atomic E-state index is 13.2. The van der Waals surface area contributed by atoms with Gasteiger partial charge in [0.25, 0.3) is 0 Å². The van der Waals surface area contributed by atoms with Gasteiger partial charge in [0.15, 0.2) is 0 Å². The molecule has 0 bridgehead atoms. The molecule has 4 N–H and O–H groups in total. The molecule has 1 aliphatic carbocycles. The van der Waals surface area contributed by atoms with Gasteiger partial charge in [-0.25, -0.2) is 4.79 Å². The molecule has 2 aromatic carbocycles. The Balaban J connectivity index is 1.74. The molecule has 1 amide bonds. The van der Waals surface area contributed by atoms with Crippen LogP contribution in [0.4, 0.5) is 5.69 Å². The average molecular weight is 396 g/mol. The smallest absolute Gasteiger partial charge is 0.326 e. The van der Waals surface area contributed by atoms with Gasteiger partial charge >= 0.3 is 5.97 Å². The first-order valence-electron chi connectivity index (χ1n) is 9.93. The van der Waals surface area contributed by atoms with Crippen LogP contribution in [-0.2, 0) is 22.4 Å². The van der Waals surface area contributed by atoms with E-state index < -0.39 is 17.4 Å². The van der Waals surface area contributed by atoms with Gasteiger partial charge in [0.1, 0.15) is 11.8 Å². The Morgan fingerprint density at radius 1 is 1.07 bits per heavy atom. The van der Waals surface area contributed by atoms with E-state index in [-0.39, 0.29) is 12.3 Å². The Bertz CT molecular complexity index is 840. The Morgan fingerprint density at radius 2 is 1.66 bits per heavy atom. The van der Waals surface area contributed by atoms with E-state index in [9.17, 15) is 14.7 Å². The van der Waals surface area contributed by atoms with Crippen LogP contribution in [-0.4, -0.2) is 30.1 Å². The number of amides is 1. The quantitative estimate of drug-likeness (QED) is 0.595. The molecule has 0 spiro atoms. The van der Waals surface area contributed by atoms with E-state index in [2.05, 4.69) is 5.32 Å². The number of benzene rings is 2. The first-order valence-corrected chi connectivity index (χ1v) is 9.93. The summed E-state index contributed by atoms with van der Waals surface area (Å²) in [6.45, 7) is 0. The van der Waals surface area contributed by atoms with Crippen molar-refractivity contribution in [3.05, 3.63) is 59.7 Å². The van der Waals surface area contributed by atoms with Gasteiger partial charge < -0.3 is 20.9 Å². The maximum Gasteiger partial charge on any atom is 0.326 e. The number of nitrogen functional groups attached to an aromatic ring is 1. The minimum atomic E-state index is -1.03. The number of nitrogens with two attached hydrogens (primary N) is 1. The molecule has 0 heterocycles. The van der Waals surface area contributed by atoms with E-state index in [4.69, 9.17) is 10.5 Å². The molecule has 0 aliphatic heterocycles. The molecule has 1 aliphatic rings. The van der Waals surface area contributed by atoms with Crippen LogP contribution in [0.15, 0.2) is 48.5 Å². The highest BCUT2D eigenvalue weighted by atomic mass is 16.5. The molecule has 0 radical (unpaired) electrons. The zero-order chi connectivity index (χ0) is 20.9. The molecule has 0 saturated heterocycles. The van der Waals surface area contributed by atoms with Gasteiger partial charge in [-0.2, -0.15) is 0 Å². The molecule has 2 aromatic rings. The van der Waals surface area contributed by atoms with Crippen LogP contribution in [0, 0.1) is 5.41 Å². The second kappa shape index (κ2) is 8.99. The molecule has 6 heteroatoms. The largest absolute Gasteiger partial charge is 0.497 e. The second-order valence-electron chi connectivity index (χ2n) is 7.82. The zero-order valence-corrected chi connectivity index (χ0v) is 16.7. The number of carboxylic acids is 1. The molecular weight excluding hydrogens is 368 g/mol. The summed E-state index contributed by atoms with van der Waals surface area (Å²) in [5.41, 5.74) is 7.62. The van der Waals surface area contributed by atoms with Crippen LogP contribution < -0.4 is 15.8 Å². The van der Waals surface area contributed by atoms with Gasteiger partial charge in [0, 0.05) is 12.1 Å². The van der Waals surface area contributed by atoms with Crippen LogP contribution in [0.25, 0.3) is 0 Å². The van der Waals surface area contributed by atoms with Crippen LogP contribution in [0.3, 0.4) is 0 Å². The fraction of sp³-hybridized carbons (Fsp3) is 0.391. The molecule has 29 heavy (non-hydrogen) atoms. The van der Waals surface area contributed by atoms with Crippen LogP contribution in [0.5, 0.6) is 5.75 Å². The number of hydrogen-bond acceptors (Lipinski definition) is 4. The van der Waals surface area contributed by atoms with Crippen LogP contribution in [0.1, 0.15) is 36.8 Å². The van der Waals surface area contributed by atoms with Crippen molar-refractivity contribution in [2.75, 3.05) is 12.8 Å². The Hall–Kier alpha value is -3.02. The van der Waals surface area contributed by atoms with Crippen LogP contribution in [0.2, 0.25) is 0 Å². The summed E-state index contributed by atoms with van der Waals surface area (Å²) in [6.07, 6.45) is 4.29. The monoisotopic (exact) mass is 396 g/mol. The summed E-state index contributed by atoms with van der Waals surface area (Å²) in [5.74, 6) is -0.436. The van der Waals surface area contributed by atoms with Crippen molar-refractivity contribution in [3.63, 3.8) is 0 Å². The standard InChI is InChI=1S/C23H28N2O4/c1-29-19-10-6-17(7-11-19)15-23(12-2-3-13-23)22(28)25-20(21(26)27)14-16-4-8-18(24)9-5-16/h4-11,20H,2-3,12-15,24H2,1H3,(H,25,28)(H,26,27)/t20-/m0/s1. The van der Waals surface area contributed by atoms with Gasteiger partial charge in [-0.3, -0.25) is 4.79 Å². The topological polar surface area (TPSA) is 102 Å². The normalized spacial score (nSPS) is 16.2. The number of carbonyl (C=O) groups excluding carboxylic acids is 1. The number of carboxylic acid groups (broad SMARTS) is 1. The molecule has 6 nitrogen and oxygen atoms in total. The van der Waals surface area contributed by atoms with E-state index >= 15 is 0 Å². The SMILES string of the molecule is COc1ccc(CC2(C(=O)N[C@@H](Cc3ccc(N)cc3)C(=O)O)CCCC2)cc1. The zero-order valence-electron chi connectivity index (χ0n) is 16.7. The number of aliphatic carboxylic acids is 1. The molecule has 0 aromatic heterocycles. The minimum absolute atomic E-state index is 0.173. The fourth-order valence-corrected chi connectivity index (χ4v) is 4.07. The number of hydrogen-bond donors (Lipinski definition) is 3. The maximum atomic E-state index is 13.2.